The molecule has 1 amide bonds. The highest BCUT2D eigenvalue weighted by Gasteiger charge is 2.19. The maximum atomic E-state index is 11.8. The van der Waals surface area contributed by atoms with Gasteiger partial charge in [-0.2, -0.15) is 0 Å². The number of carbonyl (C=O) groups excluding carboxylic acids is 3. The van der Waals surface area contributed by atoms with E-state index in [9.17, 15) is 14.4 Å². The number of anilines is 1. The van der Waals surface area contributed by atoms with Gasteiger partial charge in [0.1, 0.15) is 5.70 Å². The molecule has 0 saturated heterocycles. The molecule has 130 valence electrons. The van der Waals surface area contributed by atoms with Gasteiger partial charge in [-0.05, 0) is 6.07 Å². The first kappa shape index (κ1) is 18.8. The minimum absolute atomic E-state index is 0.0207. The molecule has 1 aromatic carbocycles. The average molecular weight is 338 g/mol. The van der Waals surface area contributed by atoms with Crippen molar-refractivity contribution in [2.45, 2.75) is 0 Å². The summed E-state index contributed by atoms with van der Waals surface area (Å²) in [5.41, 5.74) is 5.23. The molecule has 0 radical (unpaired) electrons. The molecule has 1 rings (SSSR count). The second kappa shape index (κ2) is 8.42. The average Bonchev–Trinajstić information content (AvgIpc) is 2.59. The third-order valence-electron chi connectivity index (χ3n) is 2.93. The van der Waals surface area contributed by atoms with Crippen molar-refractivity contribution < 1.29 is 33.3 Å². The number of methoxy groups -OCH3 is 4. The number of amides is 1. The molecule has 0 aliphatic heterocycles. The lowest BCUT2D eigenvalue weighted by molar-refractivity contribution is -0.138. The number of ether oxygens (including phenoxy) is 4. The molecule has 0 aliphatic rings. The Morgan fingerprint density at radius 2 is 1.58 bits per heavy atom. The zero-order valence-electron chi connectivity index (χ0n) is 13.7. The van der Waals surface area contributed by atoms with Gasteiger partial charge >= 0.3 is 11.9 Å². The van der Waals surface area contributed by atoms with Crippen LogP contribution >= 0.6 is 0 Å². The number of carbonyl (C=O) groups is 3. The Labute approximate surface area is 138 Å². The van der Waals surface area contributed by atoms with E-state index in [-0.39, 0.29) is 28.4 Å². The third kappa shape index (κ3) is 4.38. The molecule has 0 heterocycles. The lowest BCUT2D eigenvalue weighted by atomic mass is 10.1. The van der Waals surface area contributed by atoms with E-state index in [0.717, 1.165) is 20.3 Å². The topological polar surface area (TPSA) is 126 Å². The van der Waals surface area contributed by atoms with E-state index in [4.69, 9.17) is 15.2 Å². The Hall–Kier alpha value is -3.23. The summed E-state index contributed by atoms with van der Waals surface area (Å²) in [6, 6.07) is 2.74. The highest BCUT2D eigenvalue weighted by molar-refractivity contribution is 6.03. The van der Waals surface area contributed by atoms with Crippen molar-refractivity contribution in [2.75, 3.05) is 33.8 Å². The standard InChI is InChI=1S/C15H18N2O7/c1-21-11-5-8(14(16)19)9(6-12(11)22-2)17-10(15(20)24-4)7-13(18)23-3/h5-7,17H,1-4H3,(H2,16,19)/b10-7+. The fourth-order valence-electron chi connectivity index (χ4n) is 1.76. The highest BCUT2D eigenvalue weighted by atomic mass is 16.5. The van der Waals surface area contributed by atoms with Crippen LogP contribution in [-0.2, 0) is 19.1 Å². The molecule has 0 aromatic heterocycles. The van der Waals surface area contributed by atoms with Crippen LogP contribution in [0.25, 0.3) is 0 Å². The van der Waals surface area contributed by atoms with E-state index in [2.05, 4.69) is 14.8 Å². The van der Waals surface area contributed by atoms with Gasteiger partial charge in [0.2, 0.25) is 0 Å². The lowest BCUT2D eigenvalue weighted by Gasteiger charge is -2.15. The first-order chi connectivity index (χ1) is 11.4. The number of benzene rings is 1. The van der Waals surface area contributed by atoms with Crippen molar-refractivity contribution in [1.29, 1.82) is 0 Å². The zero-order chi connectivity index (χ0) is 18.3. The van der Waals surface area contributed by atoms with Crippen LogP contribution < -0.4 is 20.5 Å². The Kier molecular flexibility index (Phi) is 6.60. The van der Waals surface area contributed by atoms with Gasteiger partial charge in [0.15, 0.2) is 11.5 Å². The lowest BCUT2D eigenvalue weighted by Crippen LogP contribution is -2.19. The predicted octanol–water partition coefficient (Wildman–Crippen LogP) is 0.445. The molecule has 1 aromatic rings. The largest absolute Gasteiger partial charge is 0.493 e. The summed E-state index contributed by atoms with van der Waals surface area (Å²) in [7, 11) is 5.08. The molecule has 0 fully saturated rings. The van der Waals surface area contributed by atoms with E-state index >= 15 is 0 Å². The molecule has 0 unspecified atom stereocenters. The molecule has 0 saturated carbocycles. The second-order valence-corrected chi connectivity index (χ2v) is 4.31. The first-order valence-corrected chi connectivity index (χ1v) is 6.58. The molecule has 0 atom stereocenters. The van der Waals surface area contributed by atoms with Crippen LogP contribution in [0.1, 0.15) is 10.4 Å². The van der Waals surface area contributed by atoms with Gasteiger partial charge in [-0.3, -0.25) is 4.79 Å². The summed E-state index contributed by atoms with van der Waals surface area (Å²) >= 11 is 0. The quantitative estimate of drug-likeness (QED) is 0.542. The van der Waals surface area contributed by atoms with Crippen LogP contribution in [0, 0.1) is 0 Å². The SMILES string of the molecule is COC(=O)/C=C(/Nc1cc(OC)c(OC)cc1C(N)=O)C(=O)OC. The molecule has 0 bridgehead atoms. The van der Waals surface area contributed by atoms with Gasteiger partial charge in [-0.15, -0.1) is 0 Å². The van der Waals surface area contributed by atoms with Crippen molar-refractivity contribution in [2.24, 2.45) is 5.73 Å². The van der Waals surface area contributed by atoms with Crippen LogP contribution in [0.2, 0.25) is 0 Å². The molecule has 24 heavy (non-hydrogen) atoms. The van der Waals surface area contributed by atoms with Crippen LogP contribution in [0.15, 0.2) is 23.9 Å². The van der Waals surface area contributed by atoms with E-state index in [1.165, 1.54) is 26.4 Å². The highest BCUT2D eigenvalue weighted by Crippen LogP contribution is 2.33. The van der Waals surface area contributed by atoms with E-state index < -0.39 is 17.8 Å². The number of nitrogens with one attached hydrogen (secondary N) is 1. The Morgan fingerprint density at radius 3 is 2.04 bits per heavy atom. The summed E-state index contributed by atoms with van der Waals surface area (Å²) in [4.78, 5) is 34.8. The van der Waals surface area contributed by atoms with Gasteiger partial charge in [0, 0.05) is 6.07 Å². The van der Waals surface area contributed by atoms with Crippen molar-refractivity contribution >= 4 is 23.5 Å². The number of hydrogen-bond donors (Lipinski definition) is 2. The number of rotatable bonds is 7. The molecule has 9 nitrogen and oxygen atoms in total. The number of nitrogens with two attached hydrogens (primary N) is 1. The Balaban J connectivity index is 3.41. The molecule has 3 N–H and O–H groups in total. The fraction of sp³-hybridized carbons (Fsp3) is 0.267. The van der Waals surface area contributed by atoms with Crippen molar-refractivity contribution in [3.8, 4) is 11.5 Å². The summed E-state index contributed by atoms with van der Waals surface area (Å²) in [6.07, 6.45) is 0.882. The minimum Gasteiger partial charge on any atom is -0.493 e. The van der Waals surface area contributed by atoms with Crippen molar-refractivity contribution in [3.05, 3.63) is 29.5 Å². The van der Waals surface area contributed by atoms with Crippen LogP contribution in [0.5, 0.6) is 11.5 Å². The van der Waals surface area contributed by atoms with Gasteiger partial charge in [-0.1, -0.05) is 0 Å². The molecule has 9 heteroatoms. The molecule has 0 aliphatic carbocycles. The Morgan fingerprint density at radius 1 is 1.00 bits per heavy atom. The van der Waals surface area contributed by atoms with Crippen LogP contribution in [-0.4, -0.2) is 46.3 Å². The number of hydrogen-bond acceptors (Lipinski definition) is 8. The smallest absolute Gasteiger partial charge is 0.354 e. The summed E-state index contributed by atoms with van der Waals surface area (Å²) < 4.78 is 19.3. The van der Waals surface area contributed by atoms with Gasteiger partial charge in [-0.25, -0.2) is 9.59 Å². The van der Waals surface area contributed by atoms with E-state index in [1.54, 1.807) is 0 Å². The minimum atomic E-state index is -0.842. The van der Waals surface area contributed by atoms with E-state index in [0.29, 0.717) is 0 Å². The predicted molar refractivity (Wildman–Crippen MR) is 83.8 cm³/mol. The van der Waals surface area contributed by atoms with E-state index in [1.807, 2.05) is 0 Å². The van der Waals surface area contributed by atoms with Gasteiger partial charge in [0.25, 0.3) is 5.91 Å². The maximum Gasteiger partial charge on any atom is 0.354 e. The number of primary amides is 1. The van der Waals surface area contributed by atoms with Gasteiger partial charge < -0.3 is 30.0 Å². The number of esters is 2. The van der Waals surface area contributed by atoms with Crippen LogP contribution in [0.4, 0.5) is 5.69 Å². The van der Waals surface area contributed by atoms with Gasteiger partial charge in [0.05, 0.1) is 45.8 Å². The molecule has 0 spiro atoms. The second-order valence-electron chi connectivity index (χ2n) is 4.31. The monoisotopic (exact) mass is 338 g/mol. The van der Waals surface area contributed by atoms with Crippen molar-refractivity contribution in [1.82, 2.24) is 0 Å². The zero-order valence-corrected chi connectivity index (χ0v) is 13.7. The fourth-order valence-corrected chi connectivity index (χ4v) is 1.76. The third-order valence-corrected chi connectivity index (χ3v) is 2.93. The maximum absolute atomic E-state index is 11.8. The molecular formula is C15H18N2O7. The normalized spacial score (nSPS) is 10.6. The summed E-state index contributed by atoms with van der Waals surface area (Å²) in [6.45, 7) is 0. The molecular weight excluding hydrogens is 320 g/mol. The van der Waals surface area contributed by atoms with Crippen molar-refractivity contribution in [3.63, 3.8) is 0 Å². The first-order valence-electron chi connectivity index (χ1n) is 6.58. The summed E-state index contributed by atoms with van der Waals surface area (Å²) in [5, 5.41) is 2.62. The Bertz CT molecular complexity index is 683. The summed E-state index contributed by atoms with van der Waals surface area (Å²) in [5.74, 6) is -1.85. The van der Waals surface area contributed by atoms with Crippen LogP contribution in [0.3, 0.4) is 0 Å².